The summed E-state index contributed by atoms with van der Waals surface area (Å²) >= 11 is 7.23. The van der Waals surface area contributed by atoms with Gasteiger partial charge in [-0.3, -0.25) is 9.89 Å². The summed E-state index contributed by atoms with van der Waals surface area (Å²) in [5, 5.41) is 9.39. The smallest absolute Gasteiger partial charge is 0.249 e. The number of aromatic amines is 1. The molecule has 18 heavy (non-hydrogen) atoms. The van der Waals surface area contributed by atoms with Gasteiger partial charge in [-0.15, -0.1) is 11.3 Å². The Morgan fingerprint density at radius 3 is 3.11 bits per heavy atom. The van der Waals surface area contributed by atoms with Crippen LogP contribution in [0.2, 0.25) is 4.34 Å². The maximum absolute atomic E-state index is 11.7. The average molecular weight is 282 g/mol. The first-order chi connectivity index (χ1) is 8.69. The molecule has 2 aromatic heterocycles. The summed E-state index contributed by atoms with van der Waals surface area (Å²) in [5.41, 5.74) is 0.982. The largest absolute Gasteiger partial charge is 0.307 e. The molecule has 2 N–H and O–H groups in total. The number of halogens is 1. The number of amides is 1. The first-order valence-electron chi connectivity index (χ1n) is 5.45. The fourth-order valence-corrected chi connectivity index (χ4v) is 2.39. The third-order valence-electron chi connectivity index (χ3n) is 2.34. The zero-order chi connectivity index (χ0) is 13.0. The molecule has 0 unspecified atom stereocenters. The predicted octanol–water partition coefficient (Wildman–Crippen LogP) is 3.34. The molecule has 1 amide bonds. The molecule has 0 atom stereocenters. The molecule has 6 heteroatoms. The summed E-state index contributed by atoms with van der Waals surface area (Å²) in [6.45, 7) is 2.00. The molecule has 0 saturated heterocycles. The summed E-state index contributed by atoms with van der Waals surface area (Å²) < 4.78 is 0.705. The number of nitrogens with zero attached hydrogens (tertiary/aromatic N) is 1. The van der Waals surface area contributed by atoms with Gasteiger partial charge in [-0.05, 0) is 24.6 Å². The fourth-order valence-electron chi connectivity index (χ4n) is 1.43. The Bertz CT molecular complexity index is 573. The Kier molecular flexibility index (Phi) is 4.17. The van der Waals surface area contributed by atoms with Gasteiger partial charge in [0.15, 0.2) is 0 Å². The van der Waals surface area contributed by atoms with Gasteiger partial charge in [0.25, 0.3) is 0 Å². The minimum absolute atomic E-state index is 0.196. The van der Waals surface area contributed by atoms with Crippen molar-refractivity contribution in [3.63, 3.8) is 0 Å². The topological polar surface area (TPSA) is 57.8 Å². The van der Waals surface area contributed by atoms with Crippen molar-refractivity contribution in [2.75, 3.05) is 5.32 Å². The molecule has 2 aromatic rings. The van der Waals surface area contributed by atoms with E-state index in [0.29, 0.717) is 10.2 Å². The molecule has 0 saturated carbocycles. The molecule has 2 heterocycles. The zero-order valence-electron chi connectivity index (χ0n) is 9.74. The maximum Gasteiger partial charge on any atom is 0.249 e. The molecule has 0 fully saturated rings. The van der Waals surface area contributed by atoms with Gasteiger partial charge in [0.05, 0.1) is 10.5 Å². The Hall–Kier alpha value is -1.59. The number of rotatable bonds is 4. The summed E-state index contributed by atoms with van der Waals surface area (Å²) in [5.74, 6) is 0.454. The lowest BCUT2D eigenvalue weighted by molar-refractivity contribution is -0.111. The van der Waals surface area contributed by atoms with E-state index in [1.165, 1.54) is 17.4 Å². The van der Waals surface area contributed by atoms with E-state index in [4.69, 9.17) is 11.6 Å². The molecule has 0 radical (unpaired) electrons. The quantitative estimate of drug-likeness (QED) is 0.845. The molecule has 2 rings (SSSR count). The van der Waals surface area contributed by atoms with E-state index in [9.17, 15) is 4.79 Å². The van der Waals surface area contributed by atoms with E-state index >= 15 is 0 Å². The van der Waals surface area contributed by atoms with Gasteiger partial charge >= 0.3 is 0 Å². The maximum atomic E-state index is 11.7. The molecular weight excluding hydrogens is 270 g/mol. The molecule has 0 bridgehead atoms. The number of H-pyrrole nitrogens is 1. The van der Waals surface area contributed by atoms with Crippen LogP contribution in [0.15, 0.2) is 24.4 Å². The van der Waals surface area contributed by atoms with Gasteiger partial charge in [-0.2, -0.15) is 5.10 Å². The van der Waals surface area contributed by atoms with E-state index in [-0.39, 0.29) is 5.91 Å². The Morgan fingerprint density at radius 2 is 2.44 bits per heavy atom. The van der Waals surface area contributed by atoms with E-state index in [2.05, 4.69) is 15.5 Å². The van der Waals surface area contributed by atoms with Gasteiger partial charge in [0.2, 0.25) is 5.91 Å². The van der Waals surface area contributed by atoms with E-state index in [1.54, 1.807) is 18.3 Å². The van der Waals surface area contributed by atoms with Crippen molar-refractivity contribution in [1.82, 2.24) is 10.2 Å². The van der Waals surface area contributed by atoms with Gasteiger partial charge in [-0.25, -0.2) is 0 Å². The van der Waals surface area contributed by atoms with Crippen molar-refractivity contribution >= 4 is 40.7 Å². The van der Waals surface area contributed by atoms with Crippen LogP contribution in [-0.4, -0.2) is 16.1 Å². The third-order valence-corrected chi connectivity index (χ3v) is 3.54. The normalized spacial score (nSPS) is 11.0. The second-order valence-corrected chi connectivity index (χ2v) is 5.33. The SMILES string of the molecule is CCc1cn[nH]c1NC(=O)/C=C/c1ccc(Cl)s1. The van der Waals surface area contributed by atoms with Crippen LogP contribution in [0.1, 0.15) is 17.4 Å². The first kappa shape index (κ1) is 12.9. The Morgan fingerprint density at radius 1 is 1.61 bits per heavy atom. The molecule has 94 valence electrons. The molecule has 0 aromatic carbocycles. The van der Waals surface area contributed by atoms with Crippen molar-refractivity contribution < 1.29 is 4.79 Å². The third kappa shape index (κ3) is 3.21. The lowest BCUT2D eigenvalue weighted by Crippen LogP contribution is -2.09. The second kappa shape index (κ2) is 5.84. The molecular formula is C12H12ClN3OS. The first-order valence-corrected chi connectivity index (χ1v) is 6.65. The summed E-state index contributed by atoms with van der Waals surface area (Å²) in [4.78, 5) is 12.6. The Balaban J connectivity index is 1.99. The van der Waals surface area contributed by atoms with Crippen molar-refractivity contribution in [2.24, 2.45) is 0 Å². The van der Waals surface area contributed by atoms with E-state index < -0.39 is 0 Å². The van der Waals surface area contributed by atoms with Crippen LogP contribution in [0.25, 0.3) is 6.08 Å². The molecule has 0 spiro atoms. The number of aromatic nitrogens is 2. The molecule has 0 aliphatic heterocycles. The molecule has 0 aliphatic rings. The lowest BCUT2D eigenvalue weighted by atomic mass is 10.2. The van der Waals surface area contributed by atoms with Crippen LogP contribution in [0.5, 0.6) is 0 Å². The minimum atomic E-state index is -0.196. The van der Waals surface area contributed by atoms with Crippen LogP contribution in [-0.2, 0) is 11.2 Å². The number of thiophene rings is 1. The molecule has 4 nitrogen and oxygen atoms in total. The summed E-state index contributed by atoms with van der Waals surface area (Å²) in [6.07, 6.45) is 5.73. The van der Waals surface area contributed by atoms with Gasteiger partial charge in [-0.1, -0.05) is 18.5 Å². The highest BCUT2D eigenvalue weighted by molar-refractivity contribution is 7.17. The number of nitrogens with one attached hydrogen (secondary N) is 2. The van der Waals surface area contributed by atoms with E-state index in [1.807, 2.05) is 13.0 Å². The van der Waals surface area contributed by atoms with E-state index in [0.717, 1.165) is 16.9 Å². The number of hydrogen-bond acceptors (Lipinski definition) is 3. The highest BCUT2D eigenvalue weighted by Gasteiger charge is 2.05. The number of carbonyl (C=O) groups excluding carboxylic acids is 1. The number of hydrogen-bond donors (Lipinski definition) is 2. The number of carbonyl (C=O) groups is 1. The zero-order valence-corrected chi connectivity index (χ0v) is 11.3. The second-order valence-electron chi connectivity index (χ2n) is 3.59. The van der Waals surface area contributed by atoms with Gasteiger partial charge < -0.3 is 5.32 Å². The van der Waals surface area contributed by atoms with Crippen LogP contribution in [0.4, 0.5) is 5.82 Å². The number of anilines is 1. The van der Waals surface area contributed by atoms with Gasteiger partial charge in [0.1, 0.15) is 5.82 Å². The number of aryl methyl sites for hydroxylation is 1. The predicted molar refractivity (Wildman–Crippen MR) is 75.0 cm³/mol. The van der Waals surface area contributed by atoms with Crippen LogP contribution in [0, 0.1) is 0 Å². The lowest BCUT2D eigenvalue weighted by Gasteiger charge is -2.00. The van der Waals surface area contributed by atoms with Crippen molar-refractivity contribution in [1.29, 1.82) is 0 Å². The summed E-state index contributed by atoms with van der Waals surface area (Å²) in [6, 6.07) is 3.67. The standard InChI is InChI=1S/C12H12ClN3OS/c1-2-8-7-14-16-12(8)15-11(17)6-4-9-3-5-10(13)18-9/h3-7H,2H2,1H3,(H2,14,15,16,17)/b6-4+. The fraction of sp³-hybridized carbons (Fsp3) is 0.167. The summed E-state index contributed by atoms with van der Waals surface area (Å²) in [7, 11) is 0. The highest BCUT2D eigenvalue weighted by atomic mass is 35.5. The average Bonchev–Trinajstić information content (AvgIpc) is 2.95. The van der Waals surface area contributed by atoms with Crippen molar-refractivity contribution in [3.05, 3.63) is 39.2 Å². The van der Waals surface area contributed by atoms with Crippen LogP contribution in [0.3, 0.4) is 0 Å². The van der Waals surface area contributed by atoms with Crippen molar-refractivity contribution in [3.8, 4) is 0 Å². The van der Waals surface area contributed by atoms with Crippen LogP contribution < -0.4 is 5.32 Å². The molecule has 0 aliphatic carbocycles. The highest BCUT2D eigenvalue weighted by Crippen LogP contribution is 2.22. The van der Waals surface area contributed by atoms with Gasteiger partial charge in [0, 0.05) is 16.5 Å². The van der Waals surface area contributed by atoms with Crippen LogP contribution >= 0.6 is 22.9 Å². The minimum Gasteiger partial charge on any atom is -0.307 e. The van der Waals surface area contributed by atoms with Crippen molar-refractivity contribution in [2.45, 2.75) is 13.3 Å². The monoisotopic (exact) mass is 281 g/mol. The Labute approximate surface area is 114 Å².